The third-order valence-corrected chi connectivity index (χ3v) is 8.57. The first-order chi connectivity index (χ1) is 17.6. The van der Waals surface area contributed by atoms with E-state index in [0.717, 1.165) is 56.5 Å². The quantitative estimate of drug-likeness (QED) is 0.363. The van der Waals surface area contributed by atoms with Crippen LogP contribution in [-0.2, 0) is 13.5 Å². The summed E-state index contributed by atoms with van der Waals surface area (Å²) in [6, 6.07) is 17.1. The number of Topliss-reactive ketones (excluding diaryl/α,β-unsaturated/α-hetero) is 1. The second-order valence-electron chi connectivity index (χ2n) is 10.0. The molecule has 36 heavy (non-hydrogen) atoms. The predicted molar refractivity (Wildman–Crippen MR) is 143 cm³/mol. The van der Waals surface area contributed by atoms with Crippen molar-refractivity contribution in [2.75, 3.05) is 26.2 Å². The molecule has 2 aromatic carbocycles. The van der Waals surface area contributed by atoms with Crippen molar-refractivity contribution < 1.29 is 9.59 Å². The second-order valence-corrected chi connectivity index (χ2v) is 10.9. The average molecular weight is 499 g/mol. The number of hydrogen-bond donors (Lipinski definition) is 0. The summed E-state index contributed by atoms with van der Waals surface area (Å²) in [6.07, 6.45) is 6.56. The van der Waals surface area contributed by atoms with Crippen LogP contribution in [0, 0.1) is 5.92 Å². The SMILES string of the molecule is Cn1cc(Cc2ccccc2)c2ccc(C(=O)C3CC(N4CCN(C(=O)c5nccs5)CC4)C3)cc21. The molecule has 0 spiro atoms. The number of benzene rings is 2. The molecular formula is C29H30N4O2S. The van der Waals surface area contributed by atoms with Gasteiger partial charge in [0, 0.05) is 79.4 Å². The van der Waals surface area contributed by atoms with Crippen LogP contribution in [0.3, 0.4) is 0 Å². The molecule has 1 aliphatic carbocycles. The molecule has 0 N–H and O–H groups in total. The van der Waals surface area contributed by atoms with E-state index in [1.165, 1.54) is 27.8 Å². The van der Waals surface area contributed by atoms with Gasteiger partial charge in [0.05, 0.1) is 0 Å². The van der Waals surface area contributed by atoms with Gasteiger partial charge < -0.3 is 9.47 Å². The zero-order valence-electron chi connectivity index (χ0n) is 20.5. The van der Waals surface area contributed by atoms with Gasteiger partial charge in [0.15, 0.2) is 10.8 Å². The van der Waals surface area contributed by atoms with Crippen molar-refractivity contribution in [3.63, 3.8) is 0 Å². The number of hydrogen-bond acceptors (Lipinski definition) is 5. The molecule has 3 heterocycles. The van der Waals surface area contributed by atoms with Gasteiger partial charge in [-0.25, -0.2) is 4.98 Å². The van der Waals surface area contributed by atoms with Gasteiger partial charge in [-0.3, -0.25) is 14.5 Å². The minimum atomic E-state index is 0.0364. The first-order valence-electron chi connectivity index (χ1n) is 12.7. The monoisotopic (exact) mass is 498 g/mol. The Morgan fingerprint density at radius 1 is 1.03 bits per heavy atom. The van der Waals surface area contributed by atoms with Crippen LogP contribution in [0.1, 0.15) is 44.1 Å². The summed E-state index contributed by atoms with van der Waals surface area (Å²) in [7, 11) is 2.06. The van der Waals surface area contributed by atoms with Crippen molar-refractivity contribution in [2.45, 2.75) is 25.3 Å². The van der Waals surface area contributed by atoms with E-state index in [4.69, 9.17) is 0 Å². The number of aryl methyl sites for hydroxylation is 1. The fourth-order valence-electron chi connectivity index (χ4n) is 5.67. The lowest BCUT2D eigenvalue weighted by atomic mass is 9.74. The Morgan fingerprint density at radius 2 is 1.81 bits per heavy atom. The summed E-state index contributed by atoms with van der Waals surface area (Å²) in [5, 5.41) is 3.63. The van der Waals surface area contributed by atoms with Crippen molar-refractivity contribution in [1.29, 1.82) is 0 Å². The summed E-state index contributed by atoms with van der Waals surface area (Å²) in [4.78, 5) is 34.3. The zero-order chi connectivity index (χ0) is 24.6. The molecule has 6 rings (SSSR count). The maximum atomic E-state index is 13.3. The number of nitrogens with zero attached hydrogens (tertiary/aromatic N) is 4. The standard InChI is InChI=1S/C29H30N4O2S/c1-31-19-23(15-20-5-3-2-4-6-20)25-8-7-21(18-26(25)31)27(34)22-16-24(17-22)32-10-12-33(13-11-32)29(35)28-30-9-14-36-28/h2-9,14,18-19,22,24H,10-13,15-17H2,1H3. The number of carbonyl (C=O) groups excluding carboxylic acids is 2. The molecule has 1 saturated carbocycles. The summed E-state index contributed by atoms with van der Waals surface area (Å²) >= 11 is 1.40. The summed E-state index contributed by atoms with van der Waals surface area (Å²) in [6.45, 7) is 3.18. The molecule has 0 bridgehead atoms. The Morgan fingerprint density at radius 3 is 2.53 bits per heavy atom. The second kappa shape index (κ2) is 9.64. The first kappa shape index (κ1) is 23.1. The van der Waals surface area contributed by atoms with E-state index < -0.39 is 0 Å². The highest BCUT2D eigenvalue weighted by molar-refractivity contribution is 7.11. The molecule has 1 amide bonds. The van der Waals surface area contributed by atoms with E-state index in [2.05, 4.69) is 64.1 Å². The molecule has 6 nitrogen and oxygen atoms in total. The maximum absolute atomic E-state index is 13.3. The number of carbonyl (C=O) groups is 2. The van der Waals surface area contributed by atoms with Crippen LogP contribution in [0.25, 0.3) is 10.9 Å². The average Bonchev–Trinajstić information content (AvgIpc) is 3.52. The topological polar surface area (TPSA) is 58.4 Å². The Kier molecular flexibility index (Phi) is 6.19. The molecule has 0 atom stereocenters. The van der Waals surface area contributed by atoms with E-state index in [-0.39, 0.29) is 17.6 Å². The summed E-state index contributed by atoms with van der Waals surface area (Å²) in [5.41, 5.74) is 4.51. The van der Waals surface area contributed by atoms with Crippen LogP contribution < -0.4 is 0 Å². The Balaban J connectivity index is 1.06. The first-order valence-corrected chi connectivity index (χ1v) is 13.5. The van der Waals surface area contributed by atoms with E-state index >= 15 is 0 Å². The molecule has 1 aliphatic heterocycles. The van der Waals surface area contributed by atoms with Crippen LogP contribution in [0.4, 0.5) is 0 Å². The van der Waals surface area contributed by atoms with Crippen molar-refractivity contribution in [3.05, 3.63) is 88.0 Å². The van der Waals surface area contributed by atoms with Gasteiger partial charge in [0.2, 0.25) is 0 Å². The van der Waals surface area contributed by atoms with Crippen molar-refractivity contribution in [1.82, 2.24) is 19.4 Å². The van der Waals surface area contributed by atoms with Gasteiger partial charge in [0.25, 0.3) is 5.91 Å². The molecule has 7 heteroatoms. The minimum absolute atomic E-state index is 0.0364. The van der Waals surface area contributed by atoms with Crippen molar-refractivity contribution in [3.8, 4) is 0 Å². The Hall–Kier alpha value is -3.29. The zero-order valence-corrected chi connectivity index (χ0v) is 21.3. The van der Waals surface area contributed by atoms with Crippen LogP contribution in [0.5, 0.6) is 0 Å². The smallest absolute Gasteiger partial charge is 0.282 e. The highest BCUT2D eigenvalue weighted by Gasteiger charge is 2.39. The number of ketones is 1. The van der Waals surface area contributed by atoms with E-state index in [0.29, 0.717) is 11.0 Å². The lowest BCUT2D eigenvalue weighted by Gasteiger charge is -2.45. The molecule has 2 aromatic heterocycles. The van der Waals surface area contributed by atoms with E-state index in [9.17, 15) is 9.59 Å². The van der Waals surface area contributed by atoms with E-state index in [1.54, 1.807) is 6.20 Å². The molecule has 184 valence electrons. The normalized spacial score (nSPS) is 20.4. The van der Waals surface area contributed by atoms with Gasteiger partial charge in [0.1, 0.15) is 0 Å². The third-order valence-electron chi connectivity index (χ3n) is 7.81. The third kappa shape index (κ3) is 4.38. The van der Waals surface area contributed by atoms with Gasteiger partial charge in [-0.15, -0.1) is 11.3 Å². The number of thiazole rings is 1. The number of amides is 1. The lowest BCUT2D eigenvalue weighted by Crippen LogP contribution is -2.55. The van der Waals surface area contributed by atoms with Crippen LogP contribution in [0.2, 0.25) is 0 Å². The fraction of sp³-hybridized carbons (Fsp3) is 0.345. The largest absolute Gasteiger partial charge is 0.350 e. The maximum Gasteiger partial charge on any atom is 0.282 e. The predicted octanol–water partition coefficient (Wildman–Crippen LogP) is 4.64. The van der Waals surface area contributed by atoms with E-state index in [1.807, 2.05) is 22.4 Å². The summed E-state index contributed by atoms with van der Waals surface area (Å²) < 4.78 is 2.14. The molecular weight excluding hydrogens is 468 g/mol. The minimum Gasteiger partial charge on any atom is -0.350 e. The van der Waals surface area contributed by atoms with Gasteiger partial charge >= 0.3 is 0 Å². The van der Waals surface area contributed by atoms with Crippen molar-refractivity contribution >= 4 is 33.9 Å². The molecule has 0 unspecified atom stereocenters. The highest BCUT2D eigenvalue weighted by atomic mass is 32.1. The van der Waals surface area contributed by atoms with Gasteiger partial charge in [-0.1, -0.05) is 42.5 Å². The molecule has 2 fully saturated rings. The number of fused-ring (bicyclic) bond motifs is 1. The molecule has 4 aromatic rings. The van der Waals surface area contributed by atoms with Gasteiger partial charge in [-0.2, -0.15) is 0 Å². The molecule has 0 radical (unpaired) electrons. The molecule has 1 saturated heterocycles. The fourth-order valence-corrected chi connectivity index (χ4v) is 6.27. The molecule has 2 aliphatic rings. The summed E-state index contributed by atoms with van der Waals surface area (Å²) in [5.74, 6) is 0.386. The number of piperazine rings is 1. The van der Waals surface area contributed by atoms with Crippen LogP contribution >= 0.6 is 11.3 Å². The Labute approximate surface area is 215 Å². The highest BCUT2D eigenvalue weighted by Crippen LogP contribution is 2.36. The Bertz CT molecular complexity index is 1380. The van der Waals surface area contributed by atoms with Crippen molar-refractivity contribution in [2.24, 2.45) is 13.0 Å². The van der Waals surface area contributed by atoms with Gasteiger partial charge in [-0.05, 0) is 36.5 Å². The lowest BCUT2D eigenvalue weighted by molar-refractivity contribution is 0.0286. The number of rotatable bonds is 6. The van der Waals surface area contributed by atoms with Crippen LogP contribution in [0.15, 0.2) is 66.3 Å². The van der Waals surface area contributed by atoms with Crippen LogP contribution in [-0.4, -0.2) is 63.3 Å². The number of aromatic nitrogens is 2.